The van der Waals surface area contributed by atoms with Crippen molar-refractivity contribution < 1.29 is 21.7 Å². The highest BCUT2D eigenvalue weighted by atomic mass is 32.2. The fraction of sp³-hybridized carbons (Fsp3) is 0. The number of hydrogen-bond acceptors (Lipinski definition) is 6. The molecule has 0 saturated heterocycles. The Balaban J connectivity index is 3.59. The van der Waals surface area contributed by atoms with Gasteiger partial charge in [0.25, 0.3) is 10.1 Å². The van der Waals surface area contributed by atoms with Gasteiger partial charge in [0.1, 0.15) is 4.90 Å². The molecule has 1 unspecified atom stereocenters. The van der Waals surface area contributed by atoms with E-state index >= 15 is 0 Å². The van der Waals surface area contributed by atoms with Crippen LogP contribution in [-0.2, 0) is 21.2 Å². The summed E-state index contributed by atoms with van der Waals surface area (Å²) in [5.74, 6) is 0. The van der Waals surface area contributed by atoms with Gasteiger partial charge in [0.15, 0.2) is 0 Å². The third-order valence-corrected chi connectivity index (χ3v) is 3.13. The van der Waals surface area contributed by atoms with E-state index in [0.717, 1.165) is 12.1 Å². The minimum absolute atomic E-state index is 0.232. The maximum absolute atomic E-state index is 10.8. The Bertz CT molecular complexity index is 525. The molecule has 5 N–H and O–H groups in total. The van der Waals surface area contributed by atoms with E-state index in [0.29, 0.717) is 0 Å². The van der Waals surface area contributed by atoms with E-state index in [9.17, 15) is 17.2 Å². The van der Waals surface area contributed by atoms with Crippen molar-refractivity contribution in [1.29, 1.82) is 0 Å². The largest absolute Gasteiger partial charge is 0.768 e. The number of benzene rings is 1. The SMILES string of the molecule is Nc1cc(S(=O)[O-])cc(S(=O)(=O)O)c1N. The van der Waals surface area contributed by atoms with Crippen LogP contribution in [0, 0.1) is 0 Å². The van der Waals surface area contributed by atoms with Crippen LogP contribution in [0.4, 0.5) is 11.4 Å². The second-order valence-electron chi connectivity index (χ2n) is 2.63. The Hall–Kier alpha value is -1.16. The summed E-state index contributed by atoms with van der Waals surface area (Å²) in [5, 5.41) is 0. The molecule has 0 aliphatic rings. The predicted octanol–water partition coefficient (Wildman–Crippen LogP) is -0.664. The quantitative estimate of drug-likeness (QED) is 0.359. The van der Waals surface area contributed by atoms with Gasteiger partial charge in [0.2, 0.25) is 0 Å². The molecule has 9 heteroatoms. The molecule has 84 valence electrons. The molecule has 0 spiro atoms. The maximum Gasteiger partial charge on any atom is 0.296 e. The molecule has 7 nitrogen and oxygen atoms in total. The average Bonchev–Trinajstić information content (AvgIpc) is 2.06. The number of hydrogen-bond donors (Lipinski definition) is 3. The first-order valence-electron chi connectivity index (χ1n) is 3.49. The van der Waals surface area contributed by atoms with Crippen molar-refractivity contribution in [3.63, 3.8) is 0 Å². The zero-order valence-electron chi connectivity index (χ0n) is 7.21. The van der Waals surface area contributed by atoms with E-state index < -0.39 is 26.1 Å². The van der Waals surface area contributed by atoms with Crippen LogP contribution in [-0.4, -0.2) is 21.7 Å². The predicted molar refractivity (Wildman–Crippen MR) is 52.3 cm³/mol. The topological polar surface area (TPSA) is 147 Å². The Kier molecular flexibility index (Phi) is 3.00. The van der Waals surface area contributed by atoms with Gasteiger partial charge >= 0.3 is 0 Å². The van der Waals surface area contributed by atoms with Crippen molar-refractivity contribution in [3.05, 3.63) is 12.1 Å². The first kappa shape index (κ1) is 11.9. The van der Waals surface area contributed by atoms with Crippen LogP contribution in [0.5, 0.6) is 0 Å². The summed E-state index contributed by atoms with van der Waals surface area (Å²) in [4.78, 5) is -1.09. The summed E-state index contributed by atoms with van der Waals surface area (Å²) < 4.78 is 51.5. The summed E-state index contributed by atoms with van der Waals surface area (Å²) in [6, 6.07) is 1.72. The van der Waals surface area contributed by atoms with Crippen molar-refractivity contribution in [3.8, 4) is 0 Å². The molecule has 0 saturated carbocycles. The number of rotatable bonds is 2. The second-order valence-corrected chi connectivity index (χ2v) is 4.96. The van der Waals surface area contributed by atoms with E-state index in [-0.39, 0.29) is 16.3 Å². The number of nitrogen functional groups attached to an aromatic ring is 2. The summed E-state index contributed by atoms with van der Waals surface area (Å²) in [6.45, 7) is 0. The maximum atomic E-state index is 10.8. The number of nitrogens with two attached hydrogens (primary N) is 2. The molecule has 0 bridgehead atoms. The van der Waals surface area contributed by atoms with E-state index in [2.05, 4.69) is 0 Å². The third kappa shape index (κ3) is 2.45. The highest BCUT2D eigenvalue weighted by Crippen LogP contribution is 2.27. The third-order valence-electron chi connectivity index (χ3n) is 1.62. The molecular weight excluding hydrogens is 244 g/mol. The molecular formula is C6H7N2O5S2-. The van der Waals surface area contributed by atoms with Crippen LogP contribution >= 0.6 is 0 Å². The molecule has 0 heterocycles. The zero-order valence-corrected chi connectivity index (χ0v) is 8.84. The van der Waals surface area contributed by atoms with Gasteiger partial charge in [0, 0.05) is 4.90 Å². The molecule has 1 rings (SSSR count). The molecule has 1 aromatic rings. The zero-order chi connectivity index (χ0) is 11.8. The van der Waals surface area contributed by atoms with Crippen LogP contribution in [0.1, 0.15) is 0 Å². The van der Waals surface area contributed by atoms with Gasteiger partial charge in [-0.3, -0.25) is 8.76 Å². The Morgan fingerprint density at radius 1 is 1.33 bits per heavy atom. The standard InChI is InChI=1S/C6H8N2O5S2/c7-4-1-3(14(9)10)2-5(6(4)8)15(11,12)13/h1-2H,7-8H2,(H,9,10)(H,11,12,13)/p-1. The van der Waals surface area contributed by atoms with Crippen molar-refractivity contribution >= 4 is 32.6 Å². The van der Waals surface area contributed by atoms with Crippen LogP contribution in [0.2, 0.25) is 0 Å². The lowest BCUT2D eigenvalue weighted by molar-refractivity contribution is 0.483. The number of anilines is 2. The molecule has 1 atom stereocenters. The first-order chi connectivity index (χ1) is 6.73. The van der Waals surface area contributed by atoms with Crippen molar-refractivity contribution in [2.45, 2.75) is 9.79 Å². The van der Waals surface area contributed by atoms with E-state index in [1.54, 1.807) is 0 Å². The Morgan fingerprint density at radius 2 is 1.87 bits per heavy atom. The molecule has 15 heavy (non-hydrogen) atoms. The van der Waals surface area contributed by atoms with Crippen LogP contribution < -0.4 is 11.5 Å². The molecule has 0 aliphatic heterocycles. The summed E-state index contributed by atoms with van der Waals surface area (Å²) in [5.41, 5.74) is 9.94. The minimum atomic E-state index is -4.59. The van der Waals surface area contributed by atoms with Crippen LogP contribution in [0.15, 0.2) is 21.9 Å². The van der Waals surface area contributed by atoms with Crippen LogP contribution in [0.3, 0.4) is 0 Å². The lowest BCUT2D eigenvalue weighted by atomic mass is 10.3. The fourth-order valence-electron chi connectivity index (χ4n) is 0.932. The van der Waals surface area contributed by atoms with Crippen molar-refractivity contribution in [1.82, 2.24) is 0 Å². The molecule has 0 fully saturated rings. The summed E-state index contributed by atoms with van der Waals surface area (Å²) >= 11 is -2.65. The molecule has 1 aromatic carbocycles. The fourth-order valence-corrected chi connectivity index (χ4v) is 2.12. The Labute approximate surface area is 88.1 Å². The van der Waals surface area contributed by atoms with Gasteiger partial charge in [-0.25, -0.2) is 0 Å². The van der Waals surface area contributed by atoms with Crippen molar-refractivity contribution in [2.24, 2.45) is 0 Å². The van der Waals surface area contributed by atoms with Gasteiger partial charge in [-0.05, 0) is 23.2 Å². The van der Waals surface area contributed by atoms with Gasteiger partial charge in [-0.15, -0.1) is 0 Å². The normalized spacial score (nSPS) is 13.7. The highest BCUT2D eigenvalue weighted by molar-refractivity contribution is 7.86. The molecule has 0 aliphatic carbocycles. The van der Waals surface area contributed by atoms with Crippen LogP contribution in [0.25, 0.3) is 0 Å². The highest BCUT2D eigenvalue weighted by Gasteiger charge is 2.17. The van der Waals surface area contributed by atoms with Gasteiger partial charge in [0.05, 0.1) is 11.4 Å². The van der Waals surface area contributed by atoms with Gasteiger partial charge in [-0.1, -0.05) is 0 Å². The minimum Gasteiger partial charge on any atom is -0.768 e. The lowest BCUT2D eigenvalue weighted by Gasteiger charge is -2.10. The van der Waals surface area contributed by atoms with E-state index in [1.807, 2.05) is 0 Å². The van der Waals surface area contributed by atoms with Crippen molar-refractivity contribution in [2.75, 3.05) is 11.5 Å². The monoisotopic (exact) mass is 251 g/mol. The van der Waals surface area contributed by atoms with Gasteiger partial charge in [-0.2, -0.15) is 8.42 Å². The molecule has 0 amide bonds. The molecule has 0 radical (unpaired) electrons. The molecule has 0 aromatic heterocycles. The summed E-state index contributed by atoms with van der Waals surface area (Å²) in [7, 11) is -4.59. The second kappa shape index (κ2) is 3.77. The average molecular weight is 251 g/mol. The smallest absolute Gasteiger partial charge is 0.296 e. The van der Waals surface area contributed by atoms with E-state index in [4.69, 9.17) is 16.0 Å². The first-order valence-corrected chi connectivity index (χ1v) is 6.00. The lowest BCUT2D eigenvalue weighted by Crippen LogP contribution is -2.07. The van der Waals surface area contributed by atoms with Gasteiger partial charge < -0.3 is 16.0 Å². The summed E-state index contributed by atoms with van der Waals surface area (Å²) in [6.07, 6.45) is 0. The Morgan fingerprint density at radius 3 is 2.27 bits per heavy atom. The van der Waals surface area contributed by atoms with E-state index in [1.165, 1.54) is 0 Å².